The van der Waals surface area contributed by atoms with Crippen molar-refractivity contribution < 1.29 is 22.7 Å². The van der Waals surface area contributed by atoms with E-state index in [0.717, 1.165) is 5.56 Å². The zero-order valence-electron chi connectivity index (χ0n) is 17.9. The Bertz CT molecular complexity index is 1020. The fourth-order valence-corrected chi connectivity index (χ4v) is 5.03. The predicted molar refractivity (Wildman–Crippen MR) is 122 cm³/mol. The van der Waals surface area contributed by atoms with Crippen molar-refractivity contribution in [2.24, 2.45) is 5.92 Å². The van der Waals surface area contributed by atoms with Gasteiger partial charge in [-0.1, -0.05) is 41.9 Å². The molecule has 1 aliphatic heterocycles. The Morgan fingerprint density at radius 1 is 1.09 bits per heavy atom. The van der Waals surface area contributed by atoms with Crippen molar-refractivity contribution in [3.8, 4) is 0 Å². The number of rotatable bonds is 8. The van der Waals surface area contributed by atoms with Crippen LogP contribution in [-0.2, 0) is 30.8 Å². The summed E-state index contributed by atoms with van der Waals surface area (Å²) in [5, 5.41) is 0.422. The summed E-state index contributed by atoms with van der Waals surface area (Å²) in [6.07, 6.45) is 1.20. The molecule has 0 radical (unpaired) electrons. The quantitative estimate of drug-likeness (QED) is 0.589. The van der Waals surface area contributed by atoms with Gasteiger partial charge in [0.25, 0.3) is 0 Å². The maximum absolute atomic E-state index is 13.3. The predicted octanol–water partition coefficient (Wildman–Crippen LogP) is 3.03. The van der Waals surface area contributed by atoms with Gasteiger partial charge in [0.05, 0.1) is 17.4 Å². The van der Waals surface area contributed by atoms with Gasteiger partial charge < -0.3 is 9.64 Å². The van der Waals surface area contributed by atoms with Crippen molar-refractivity contribution in [1.29, 1.82) is 0 Å². The maximum Gasteiger partial charge on any atom is 0.309 e. The Kier molecular flexibility index (Phi) is 8.28. The summed E-state index contributed by atoms with van der Waals surface area (Å²) >= 11 is 5.87. The molecular formula is C23H27ClN2O5S. The summed E-state index contributed by atoms with van der Waals surface area (Å²) in [4.78, 5) is 27.0. The van der Waals surface area contributed by atoms with Crippen molar-refractivity contribution >= 4 is 33.5 Å². The van der Waals surface area contributed by atoms with Crippen LogP contribution in [0.15, 0.2) is 59.5 Å². The van der Waals surface area contributed by atoms with Gasteiger partial charge in [-0.3, -0.25) is 9.59 Å². The molecule has 172 valence electrons. The molecule has 1 amide bonds. The molecule has 9 heteroatoms. The van der Waals surface area contributed by atoms with E-state index in [1.165, 1.54) is 24.3 Å². The lowest BCUT2D eigenvalue weighted by molar-refractivity contribution is -0.151. The third-order valence-corrected chi connectivity index (χ3v) is 7.17. The molecule has 0 aliphatic carbocycles. The first kappa shape index (κ1) is 24.2. The summed E-state index contributed by atoms with van der Waals surface area (Å²) in [7, 11) is -3.94. The lowest BCUT2D eigenvalue weighted by Gasteiger charge is -2.33. The van der Waals surface area contributed by atoms with Crippen molar-refractivity contribution in [2.45, 2.75) is 37.1 Å². The Morgan fingerprint density at radius 2 is 1.72 bits per heavy atom. The van der Waals surface area contributed by atoms with Crippen LogP contribution in [-0.4, -0.2) is 50.9 Å². The van der Waals surface area contributed by atoms with E-state index >= 15 is 0 Å². The number of nitrogens with one attached hydrogen (secondary N) is 1. The van der Waals surface area contributed by atoms with Crippen molar-refractivity contribution in [3.63, 3.8) is 0 Å². The molecule has 3 rings (SSSR count). The normalized spacial score (nSPS) is 15.9. The standard InChI is InChI=1S/C23H27ClN2O5S/c1-2-31-23(28)18-12-14-26(15-13-18)22(27)21(16-17-6-4-3-5-7-17)25-32(29,30)20-10-8-19(24)9-11-20/h3-11,18,21,25H,2,12-16H2,1H3/t21-/m0/s1. The van der Waals surface area contributed by atoms with Crippen LogP contribution in [0.25, 0.3) is 0 Å². The topological polar surface area (TPSA) is 92.8 Å². The molecule has 2 aromatic carbocycles. The van der Waals surface area contributed by atoms with E-state index in [9.17, 15) is 18.0 Å². The fourth-order valence-electron chi connectivity index (χ4n) is 3.71. The summed E-state index contributed by atoms with van der Waals surface area (Å²) in [6.45, 7) is 2.83. The molecule has 1 aliphatic rings. The molecule has 1 fully saturated rings. The molecule has 0 aromatic heterocycles. The van der Waals surface area contributed by atoms with E-state index in [0.29, 0.717) is 37.6 Å². The number of hydrogen-bond donors (Lipinski definition) is 1. The third-order valence-electron chi connectivity index (χ3n) is 5.43. The molecule has 32 heavy (non-hydrogen) atoms. The highest BCUT2D eigenvalue weighted by atomic mass is 35.5. The highest BCUT2D eigenvalue weighted by Gasteiger charge is 2.33. The molecule has 0 spiro atoms. The Balaban J connectivity index is 1.76. The number of benzene rings is 2. The number of nitrogens with zero attached hydrogens (tertiary/aromatic N) is 1. The lowest BCUT2D eigenvalue weighted by Crippen LogP contribution is -2.52. The summed E-state index contributed by atoms with van der Waals surface area (Å²) in [5.41, 5.74) is 0.839. The van der Waals surface area contributed by atoms with Gasteiger partial charge in [0.15, 0.2) is 0 Å². The van der Waals surface area contributed by atoms with E-state index in [4.69, 9.17) is 16.3 Å². The molecule has 0 bridgehead atoms. The lowest BCUT2D eigenvalue weighted by atomic mass is 9.96. The van der Waals surface area contributed by atoms with Crippen LogP contribution in [0.1, 0.15) is 25.3 Å². The molecule has 0 unspecified atom stereocenters. The molecule has 1 heterocycles. The van der Waals surface area contributed by atoms with Crippen LogP contribution in [0, 0.1) is 5.92 Å². The summed E-state index contributed by atoms with van der Waals surface area (Å²) in [5.74, 6) is -0.796. The van der Waals surface area contributed by atoms with E-state index in [-0.39, 0.29) is 29.1 Å². The van der Waals surface area contributed by atoms with Gasteiger partial charge in [-0.25, -0.2) is 8.42 Å². The van der Waals surface area contributed by atoms with E-state index in [1.54, 1.807) is 11.8 Å². The Hall–Kier alpha value is -2.42. The van der Waals surface area contributed by atoms with Crippen molar-refractivity contribution in [3.05, 3.63) is 65.2 Å². The fraction of sp³-hybridized carbons (Fsp3) is 0.391. The number of carbonyl (C=O) groups excluding carboxylic acids is 2. The first-order valence-corrected chi connectivity index (χ1v) is 12.4. The summed E-state index contributed by atoms with van der Waals surface area (Å²) < 4.78 is 33.6. The van der Waals surface area contributed by atoms with Crippen molar-refractivity contribution in [2.75, 3.05) is 19.7 Å². The summed E-state index contributed by atoms with van der Waals surface area (Å²) in [6, 6.07) is 14.1. The number of piperidine rings is 1. The average molecular weight is 479 g/mol. The number of ether oxygens (including phenoxy) is 1. The highest BCUT2D eigenvalue weighted by molar-refractivity contribution is 7.89. The minimum absolute atomic E-state index is 0.0359. The number of esters is 1. The van der Waals surface area contributed by atoms with Crippen LogP contribution in [0.3, 0.4) is 0 Å². The minimum atomic E-state index is -3.94. The van der Waals surface area contributed by atoms with Crippen LogP contribution in [0.5, 0.6) is 0 Å². The van der Waals surface area contributed by atoms with E-state index in [1.807, 2.05) is 30.3 Å². The molecule has 1 saturated heterocycles. The Morgan fingerprint density at radius 3 is 2.31 bits per heavy atom. The first-order chi connectivity index (χ1) is 15.3. The second kappa shape index (κ2) is 10.9. The largest absolute Gasteiger partial charge is 0.466 e. The Labute approximate surface area is 193 Å². The van der Waals surface area contributed by atoms with Gasteiger partial charge in [-0.15, -0.1) is 0 Å². The maximum atomic E-state index is 13.3. The van der Waals surface area contributed by atoms with Crippen LogP contribution < -0.4 is 4.72 Å². The van der Waals surface area contributed by atoms with Crippen LogP contribution in [0.2, 0.25) is 5.02 Å². The van der Waals surface area contributed by atoms with Gasteiger partial charge in [0.2, 0.25) is 15.9 Å². The smallest absolute Gasteiger partial charge is 0.309 e. The first-order valence-electron chi connectivity index (χ1n) is 10.6. The minimum Gasteiger partial charge on any atom is -0.466 e. The molecule has 1 atom stereocenters. The van der Waals surface area contributed by atoms with Gasteiger partial charge in [-0.05, 0) is 56.0 Å². The van der Waals surface area contributed by atoms with Crippen LogP contribution >= 0.6 is 11.6 Å². The molecule has 2 aromatic rings. The monoisotopic (exact) mass is 478 g/mol. The number of carbonyl (C=O) groups is 2. The second-order valence-electron chi connectivity index (χ2n) is 7.67. The van der Waals surface area contributed by atoms with E-state index in [2.05, 4.69) is 4.72 Å². The molecular weight excluding hydrogens is 452 g/mol. The average Bonchev–Trinajstić information content (AvgIpc) is 2.79. The highest BCUT2D eigenvalue weighted by Crippen LogP contribution is 2.21. The van der Waals surface area contributed by atoms with Crippen molar-refractivity contribution in [1.82, 2.24) is 9.62 Å². The molecule has 1 N–H and O–H groups in total. The van der Waals surface area contributed by atoms with E-state index < -0.39 is 16.1 Å². The number of amides is 1. The molecule has 7 nitrogen and oxygen atoms in total. The number of sulfonamides is 1. The number of hydrogen-bond acceptors (Lipinski definition) is 5. The third kappa shape index (κ3) is 6.31. The molecule has 0 saturated carbocycles. The zero-order valence-corrected chi connectivity index (χ0v) is 19.4. The van der Waals surface area contributed by atoms with Gasteiger partial charge in [0, 0.05) is 18.1 Å². The number of halogens is 1. The van der Waals surface area contributed by atoms with Gasteiger partial charge in [0.1, 0.15) is 6.04 Å². The SMILES string of the molecule is CCOC(=O)C1CCN(C(=O)[C@H](Cc2ccccc2)NS(=O)(=O)c2ccc(Cl)cc2)CC1. The van der Waals surface area contributed by atoms with Gasteiger partial charge in [-0.2, -0.15) is 4.72 Å². The van der Waals surface area contributed by atoms with Gasteiger partial charge >= 0.3 is 5.97 Å². The second-order valence-corrected chi connectivity index (χ2v) is 9.82. The number of likely N-dealkylation sites (tertiary alicyclic amines) is 1. The zero-order chi connectivity index (χ0) is 23.1. The van der Waals surface area contributed by atoms with Crippen LogP contribution in [0.4, 0.5) is 0 Å².